The van der Waals surface area contributed by atoms with Gasteiger partial charge in [-0.2, -0.15) is 4.31 Å². The fourth-order valence-electron chi connectivity index (χ4n) is 5.85. The normalized spacial score (nSPS) is 20.2. The Morgan fingerprint density at radius 2 is 1.59 bits per heavy atom. The number of nitrogens with zero attached hydrogens (tertiary/aromatic N) is 3. The van der Waals surface area contributed by atoms with Gasteiger partial charge in [0, 0.05) is 50.0 Å². The van der Waals surface area contributed by atoms with Gasteiger partial charge in [-0.05, 0) is 45.9 Å². The summed E-state index contributed by atoms with van der Waals surface area (Å²) in [6.45, 7) is 9.14. The summed E-state index contributed by atoms with van der Waals surface area (Å²) >= 11 is 0. The summed E-state index contributed by atoms with van der Waals surface area (Å²) in [7, 11) is -3.19. The fourth-order valence-corrected chi connectivity index (χ4v) is 6.68. The molecule has 2 heterocycles. The van der Waals surface area contributed by atoms with Crippen LogP contribution in [0.1, 0.15) is 48.9 Å². The van der Waals surface area contributed by atoms with Crippen molar-refractivity contribution in [3.05, 3.63) is 95.1 Å². The van der Waals surface area contributed by atoms with Gasteiger partial charge in [-0.1, -0.05) is 75.4 Å². The van der Waals surface area contributed by atoms with Crippen LogP contribution in [-0.2, 0) is 26.8 Å². The quantitative estimate of drug-likeness (QED) is 0.483. The molecule has 1 fully saturated rings. The lowest BCUT2D eigenvalue weighted by Gasteiger charge is -2.35. The molecular weight excluding hydrogens is 510 g/mol. The molecule has 2 atom stereocenters. The van der Waals surface area contributed by atoms with E-state index in [-0.39, 0.29) is 11.3 Å². The summed E-state index contributed by atoms with van der Waals surface area (Å²) in [6.07, 6.45) is 1.25. The van der Waals surface area contributed by atoms with E-state index in [1.807, 2.05) is 47.4 Å². The number of aliphatic carboxylic acids is 1. The Morgan fingerprint density at radius 1 is 0.923 bits per heavy atom. The van der Waals surface area contributed by atoms with Crippen molar-refractivity contribution in [2.24, 2.45) is 0 Å². The number of benzene rings is 3. The third-order valence-corrected chi connectivity index (χ3v) is 9.26. The van der Waals surface area contributed by atoms with Crippen LogP contribution in [-0.4, -0.2) is 62.3 Å². The number of hydrogen-bond acceptors (Lipinski definition) is 5. The molecule has 1 saturated heterocycles. The summed E-state index contributed by atoms with van der Waals surface area (Å²) in [5.74, 6) is -1.12. The molecule has 8 heteroatoms. The van der Waals surface area contributed by atoms with E-state index in [2.05, 4.69) is 56.0 Å². The van der Waals surface area contributed by atoms with Crippen molar-refractivity contribution in [3.8, 4) is 0 Å². The molecule has 206 valence electrons. The number of sulfonamides is 1. The average molecular weight is 548 g/mol. The van der Waals surface area contributed by atoms with Gasteiger partial charge < -0.3 is 14.9 Å². The SMILES string of the molecule is CC(C)(C)c1ccc(C2c3ccccc3N(Cc3cccc(N4CCN(S(C)(=O)=O)CC4)c3)C2C(=O)O)cc1. The third-order valence-electron chi connectivity index (χ3n) is 7.96. The maximum absolute atomic E-state index is 12.8. The number of rotatable bonds is 6. The molecule has 7 nitrogen and oxygen atoms in total. The van der Waals surface area contributed by atoms with Crippen molar-refractivity contribution >= 4 is 27.4 Å². The van der Waals surface area contributed by atoms with Crippen LogP contribution in [0.25, 0.3) is 0 Å². The highest BCUT2D eigenvalue weighted by molar-refractivity contribution is 7.88. The van der Waals surface area contributed by atoms with Gasteiger partial charge in [0.15, 0.2) is 0 Å². The number of carboxylic acids is 1. The number of para-hydroxylation sites is 1. The predicted molar refractivity (Wildman–Crippen MR) is 156 cm³/mol. The number of hydrogen-bond donors (Lipinski definition) is 1. The first-order valence-corrected chi connectivity index (χ1v) is 15.3. The zero-order valence-electron chi connectivity index (χ0n) is 23.0. The number of piperazine rings is 1. The maximum Gasteiger partial charge on any atom is 0.327 e. The van der Waals surface area contributed by atoms with Gasteiger partial charge in [0.25, 0.3) is 0 Å². The van der Waals surface area contributed by atoms with E-state index in [0.29, 0.717) is 32.7 Å². The van der Waals surface area contributed by atoms with Crippen LogP contribution in [0, 0.1) is 0 Å². The largest absolute Gasteiger partial charge is 0.480 e. The first-order chi connectivity index (χ1) is 18.4. The second-order valence-electron chi connectivity index (χ2n) is 11.6. The number of carbonyl (C=O) groups is 1. The molecule has 0 saturated carbocycles. The van der Waals surface area contributed by atoms with Crippen molar-refractivity contribution in [2.75, 3.05) is 42.2 Å². The highest BCUT2D eigenvalue weighted by atomic mass is 32.2. The van der Waals surface area contributed by atoms with E-state index in [9.17, 15) is 18.3 Å². The molecule has 2 aliphatic heterocycles. The standard InChI is InChI=1S/C31H37N3O4S/c1-31(2,3)24-14-12-23(13-15-24)28-26-10-5-6-11-27(26)34(29(28)30(35)36)21-22-8-7-9-25(20-22)32-16-18-33(19-17-32)39(4,37)38/h5-15,20,28-29H,16-19,21H2,1-4H3,(H,35,36). The zero-order chi connectivity index (χ0) is 27.9. The minimum absolute atomic E-state index is 0.0206. The van der Waals surface area contributed by atoms with Gasteiger partial charge in [0.2, 0.25) is 10.0 Å². The number of carboxylic acid groups (broad SMARTS) is 1. The van der Waals surface area contributed by atoms with E-state index >= 15 is 0 Å². The van der Waals surface area contributed by atoms with E-state index < -0.39 is 22.0 Å². The molecule has 0 aromatic heterocycles. The molecule has 0 aliphatic carbocycles. The molecule has 1 N–H and O–H groups in total. The van der Waals surface area contributed by atoms with Crippen molar-refractivity contribution in [1.29, 1.82) is 0 Å². The van der Waals surface area contributed by atoms with E-state index in [1.165, 1.54) is 16.1 Å². The van der Waals surface area contributed by atoms with Gasteiger partial charge in [0.1, 0.15) is 6.04 Å². The minimum atomic E-state index is -3.19. The Bertz CT molecular complexity index is 1460. The maximum atomic E-state index is 12.8. The van der Waals surface area contributed by atoms with Crippen LogP contribution in [0.5, 0.6) is 0 Å². The van der Waals surface area contributed by atoms with Crippen LogP contribution in [0.15, 0.2) is 72.8 Å². The van der Waals surface area contributed by atoms with Crippen molar-refractivity contribution < 1.29 is 18.3 Å². The Hall–Kier alpha value is -3.36. The molecule has 2 aliphatic rings. The summed E-state index contributed by atoms with van der Waals surface area (Å²) in [6, 6.07) is 23.8. The first kappa shape index (κ1) is 27.2. The highest BCUT2D eigenvalue weighted by Crippen LogP contribution is 2.46. The number of anilines is 2. The molecule has 5 rings (SSSR count). The first-order valence-electron chi connectivity index (χ1n) is 13.4. The summed E-state index contributed by atoms with van der Waals surface area (Å²) < 4.78 is 25.3. The van der Waals surface area contributed by atoms with E-state index in [1.54, 1.807) is 0 Å². The zero-order valence-corrected chi connectivity index (χ0v) is 23.9. The monoisotopic (exact) mass is 547 g/mol. The molecular formula is C31H37N3O4S. The molecule has 0 spiro atoms. The van der Waals surface area contributed by atoms with Crippen molar-refractivity contribution in [2.45, 2.75) is 44.7 Å². The smallest absolute Gasteiger partial charge is 0.327 e. The second kappa shape index (κ2) is 10.3. The summed E-state index contributed by atoms with van der Waals surface area (Å²) in [4.78, 5) is 17.0. The molecule has 2 unspecified atom stereocenters. The van der Waals surface area contributed by atoms with Crippen LogP contribution in [0.4, 0.5) is 11.4 Å². The second-order valence-corrected chi connectivity index (χ2v) is 13.6. The topological polar surface area (TPSA) is 81.2 Å². The molecule has 0 radical (unpaired) electrons. The molecule has 0 amide bonds. The van der Waals surface area contributed by atoms with Crippen LogP contribution >= 0.6 is 0 Å². The lowest BCUT2D eigenvalue weighted by Crippen LogP contribution is -2.48. The lowest BCUT2D eigenvalue weighted by molar-refractivity contribution is -0.138. The average Bonchev–Trinajstić information content (AvgIpc) is 3.22. The summed E-state index contributed by atoms with van der Waals surface area (Å²) in [5.41, 5.74) is 6.26. The van der Waals surface area contributed by atoms with E-state index in [4.69, 9.17) is 0 Å². The Kier molecular flexibility index (Phi) is 7.20. The van der Waals surface area contributed by atoms with Gasteiger partial charge >= 0.3 is 5.97 Å². The third kappa shape index (κ3) is 5.54. The lowest BCUT2D eigenvalue weighted by atomic mass is 9.83. The highest BCUT2D eigenvalue weighted by Gasteiger charge is 2.43. The Morgan fingerprint density at radius 3 is 2.21 bits per heavy atom. The van der Waals surface area contributed by atoms with Crippen molar-refractivity contribution in [3.63, 3.8) is 0 Å². The predicted octanol–water partition coefficient (Wildman–Crippen LogP) is 4.67. The van der Waals surface area contributed by atoms with Gasteiger partial charge in [-0.15, -0.1) is 0 Å². The molecule has 3 aromatic rings. The Balaban J connectivity index is 1.43. The number of fused-ring (bicyclic) bond motifs is 1. The minimum Gasteiger partial charge on any atom is -0.480 e. The Labute approximate surface area is 231 Å². The fraction of sp³-hybridized carbons (Fsp3) is 0.387. The van der Waals surface area contributed by atoms with Crippen LogP contribution < -0.4 is 9.80 Å². The summed E-state index contributed by atoms with van der Waals surface area (Å²) in [5, 5.41) is 10.5. The van der Waals surface area contributed by atoms with Crippen LogP contribution in [0.2, 0.25) is 0 Å². The van der Waals surface area contributed by atoms with Crippen LogP contribution in [0.3, 0.4) is 0 Å². The molecule has 0 bridgehead atoms. The van der Waals surface area contributed by atoms with Gasteiger partial charge in [-0.25, -0.2) is 13.2 Å². The van der Waals surface area contributed by atoms with Gasteiger partial charge in [0.05, 0.1) is 6.26 Å². The van der Waals surface area contributed by atoms with Gasteiger partial charge in [-0.3, -0.25) is 0 Å². The molecule has 3 aromatic carbocycles. The molecule has 39 heavy (non-hydrogen) atoms. The van der Waals surface area contributed by atoms with E-state index in [0.717, 1.165) is 28.1 Å². The van der Waals surface area contributed by atoms with Crippen molar-refractivity contribution in [1.82, 2.24) is 4.31 Å².